The summed E-state index contributed by atoms with van der Waals surface area (Å²) >= 11 is 0. The molecule has 1 fully saturated rings. The van der Waals surface area contributed by atoms with E-state index in [1.807, 2.05) is 0 Å². The number of hydrogen-bond donors (Lipinski definition) is 1. The Morgan fingerprint density at radius 1 is 1.31 bits per heavy atom. The van der Waals surface area contributed by atoms with E-state index in [0.29, 0.717) is 6.04 Å². The Hall–Kier alpha value is -0.820. The van der Waals surface area contributed by atoms with Gasteiger partial charge in [-0.15, -0.1) is 0 Å². The van der Waals surface area contributed by atoms with Crippen LogP contribution in [0.2, 0.25) is 0 Å². The predicted molar refractivity (Wildman–Crippen MR) is 55.8 cm³/mol. The molecule has 13 heavy (non-hydrogen) atoms. The standard InChI is InChI=1S/C12H17N/c1-2-3-4-10-5-7-11(8-6-10)12-9-13-12/h5-8,12-13H,2-4,9H2,1H3/t12-/m1/s1. The summed E-state index contributed by atoms with van der Waals surface area (Å²) in [5, 5.41) is 3.31. The van der Waals surface area contributed by atoms with E-state index in [2.05, 4.69) is 36.5 Å². The summed E-state index contributed by atoms with van der Waals surface area (Å²) in [6, 6.07) is 9.71. The lowest BCUT2D eigenvalue weighted by Gasteiger charge is -2.01. The number of benzene rings is 1. The van der Waals surface area contributed by atoms with E-state index >= 15 is 0 Å². The second-order valence-corrected chi connectivity index (χ2v) is 3.81. The summed E-state index contributed by atoms with van der Waals surface area (Å²) in [6.45, 7) is 3.40. The van der Waals surface area contributed by atoms with Gasteiger partial charge in [-0.3, -0.25) is 0 Å². The molecule has 2 rings (SSSR count). The predicted octanol–water partition coefficient (Wildman–Crippen LogP) is 2.67. The monoisotopic (exact) mass is 175 g/mol. The Kier molecular flexibility index (Phi) is 2.65. The van der Waals surface area contributed by atoms with E-state index in [9.17, 15) is 0 Å². The highest BCUT2D eigenvalue weighted by Crippen LogP contribution is 2.21. The number of unbranched alkanes of at least 4 members (excludes halogenated alkanes) is 1. The molecule has 0 aromatic heterocycles. The smallest absolute Gasteiger partial charge is 0.0447 e. The number of hydrogen-bond acceptors (Lipinski definition) is 1. The summed E-state index contributed by atoms with van der Waals surface area (Å²) in [7, 11) is 0. The molecule has 1 heterocycles. The Morgan fingerprint density at radius 3 is 2.54 bits per heavy atom. The minimum atomic E-state index is 0.653. The Balaban J connectivity index is 1.96. The minimum absolute atomic E-state index is 0.653. The third-order valence-corrected chi connectivity index (χ3v) is 2.61. The molecule has 0 amide bonds. The molecular formula is C12H17N. The molecule has 1 nitrogen and oxygen atoms in total. The van der Waals surface area contributed by atoms with Crippen molar-refractivity contribution in [3.05, 3.63) is 35.4 Å². The van der Waals surface area contributed by atoms with Crippen LogP contribution < -0.4 is 5.32 Å². The van der Waals surface area contributed by atoms with Gasteiger partial charge in [0.1, 0.15) is 0 Å². The highest BCUT2D eigenvalue weighted by Gasteiger charge is 2.21. The van der Waals surface area contributed by atoms with Crippen LogP contribution in [0.5, 0.6) is 0 Å². The van der Waals surface area contributed by atoms with Crippen LogP contribution in [0.25, 0.3) is 0 Å². The topological polar surface area (TPSA) is 21.9 Å². The average Bonchev–Trinajstić information content (AvgIpc) is 2.99. The maximum Gasteiger partial charge on any atom is 0.0447 e. The van der Waals surface area contributed by atoms with Gasteiger partial charge in [0.2, 0.25) is 0 Å². The van der Waals surface area contributed by atoms with Crippen LogP contribution in [0, 0.1) is 0 Å². The Bertz CT molecular complexity index is 259. The molecule has 1 aromatic carbocycles. The Labute approximate surface area is 80.2 Å². The number of nitrogens with one attached hydrogen (secondary N) is 1. The van der Waals surface area contributed by atoms with Crippen LogP contribution in [0.3, 0.4) is 0 Å². The third kappa shape index (κ3) is 2.31. The zero-order valence-electron chi connectivity index (χ0n) is 8.22. The normalized spacial score (nSPS) is 20.2. The van der Waals surface area contributed by atoms with E-state index in [1.54, 1.807) is 0 Å². The van der Waals surface area contributed by atoms with Crippen molar-refractivity contribution in [1.29, 1.82) is 0 Å². The fourth-order valence-corrected chi connectivity index (χ4v) is 1.59. The molecule has 0 bridgehead atoms. The fourth-order valence-electron chi connectivity index (χ4n) is 1.59. The highest BCUT2D eigenvalue weighted by molar-refractivity contribution is 5.27. The third-order valence-electron chi connectivity index (χ3n) is 2.61. The molecule has 1 N–H and O–H groups in total. The molecule has 1 aromatic rings. The number of rotatable bonds is 4. The molecule has 0 saturated carbocycles. The van der Waals surface area contributed by atoms with Crippen molar-refractivity contribution in [2.24, 2.45) is 0 Å². The molecule has 70 valence electrons. The first kappa shape index (κ1) is 8.76. The minimum Gasteiger partial charge on any atom is -0.307 e. The zero-order valence-corrected chi connectivity index (χ0v) is 8.22. The van der Waals surface area contributed by atoms with E-state index in [0.717, 1.165) is 6.54 Å². The van der Waals surface area contributed by atoms with Crippen molar-refractivity contribution in [2.75, 3.05) is 6.54 Å². The largest absolute Gasteiger partial charge is 0.307 e. The zero-order chi connectivity index (χ0) is 9.10. The van der Waals surface area contributed by atoms with Crippen molar-refractivity contribution in [3.8, 4) is 0 Å². The quantitative estimate of drug-likeness (QED) is 0.698. The molecule has 0 spiro atoms. The second-order valence-electron chi connectivity index (χ2n) is 3.81. The van der Waals surface area contributed by atoms with Crippen LogP contribution in [0.15, 0.2) is 24.3 Å². The van der Waals surface area contributed by atoms with Gasteiger partial charge in [0, 0.05) is 12.6 Å². The summed E-state index contributed by atoms with van der Waals surface area (Å²) in [5.41, 5.74) is 2.92. The van der Waals surface area contributed by atoms with Gasteiger partial charge in [-0.25, -0.2) is 0 Å². The lowest BCUT2D eigenvalue weighted by Crippen LogP contribution is -1.87. The number of aryl methyl sites for hydroxylation is 1. The van der Waals surface area contributed by atoms with E-state index < -0.39 is 0 Å². The van der Waals surface area contributed by atoms with E-state index in [-0.39, 0.29) is 0 Å². The highest BCUT2D eigenvalue weighted by atomic mass is 15.1. The molecule has 0 aliphatic carbocycles. The van der Waals surface area contributed by atoms with Gasteiger partial charge in [0.25, 0.3) is 0 Å². The van der Waals surface area contributed by atoms with Crippen LogP contribution in [0.4, 0.5) is 0 Å². The van der Waals surface area contributed by atoms with Crippen molar-refractivity contribution in [2.45, 2.75) is 32.2 Å². The molecule has 1 heteroatoms. The van der Waals surface area contributed by atoms with E-state index in [1.165, 1.54) is 30.4 Å². The van der Waals surface area contributed by atoms with Crippen LogP contribution >= 0.6 is 0 Å². The lowest BCUT2D eigenvalue weighted by atomic mass is 10.1. The lowest BCUT2D eigenvalue weighted by molar-refractivity contribution is 0.794. The van der Waals surface area contributed by atoms with Gasteiger partial charge in [-0.2, -0.15) is 0 Å². The van der Waals surface area contributed by atoms with Gasteiger partial charge < -0.3 is 5.32 Å². The molecule has 1 aliphatic rings. The molecule has 0 radical (unpaired) electrons. The van der Waals surface area contributed by atoms with Gasteiger partial charge in [0.05, 0.1) is 0 Å². The van der Waals surface area contributed by atoms with Gasteiger partial charge >= 0.3 is 0 Å². The first-order valence-corrected chi connectivity index (χ1v) is 5.22. The van der Waals surface area contributed by atoms with Gasteiger partial charge in [-0.1, -0.05) is 37.6 Å². The molecular weight excluding hydrogens is 158 g/mol. The van der Waals surface area contributed by atoms with Crippen molar-refractivity contribution in [1.82, 2.24) is 5.32 Å². The molecule has 1 atom stereocenters. The average molecular weight is 175 g/mol. The molecule has 0 unspecified atom stereocenters. The maximum atomic E-state index is 3.31. The van der Waals surface area contributed by atoms with Crippen molar-refractivity contribution >= 4 is 0 Å². The molecule has 1 aliphatic heterocycles. The first-order chi connectivity index (χ1) is 6.40. The van der Waals surface area contributed by atoms with E-state index in [4.69, 9.17) is 0 Å². The van der Waals surface area contributed by atoms with Gasteiger partial charge in [0.15, 0.2) is 0 Å². The summed E-state index contributed by atoms with van der Waals surface area (Å²) in [5.74, 6) is 0. The second kappa shape index (κ2) is 3.93. The fraction of sp³-hybridized carbons (Fsp3) is 0.500. The summed E-state index contributed by atoms with van der Waals surface area (Å²) < 4.78 is 0. The molecule has 1 saturated heterocycles. The maximum absolute atomic E-state index is 3.31. The van der Waals surface area contributed by atoms with Crippen molar-refractivity contribution in [3.63, 3.8) is 0 Å². The van der Waals surface area contributed by atoms with Crippen LogP contribution in [-0.2, 0) is 6.42 Å². The summed E-state index contributed by atoms with van der Waals surface area (Å²) in [6.07, 6.45) is 3.82. The van der Waals surface area contributed by atoms with Crippen LogP contribution in [-0.4, -0.2) is 6.54 Å². The summed E-state index contributed by atoms with van der Waals surface area (Å²) in [4.78, 5) is 0. The van der Waals surface area contributed by atoms with Crippen molar-refractivity contribution < 1.29 is 0 Å². The Morgan fingerprint density at radius 2 is 2.00 bits per heavy atom. The van der Waals surface area contributed by atoms with Crippen LogP contribution in [0.1, 0.15) is 36.9 Å². The van der Waals surface area contributed by atoms with Gasteiger partial charge in [-0.05, 0) is 24.0 Å². The first-order valence-electron chi connectivity index (χ1n) is 5.22. The SMILES string of the molecule is CCCCc1ccc([C@H]2CN2)cc1.